The highest BCUT2D eigenvalue weighted by atomic mass is 16.5. The van der Waals surface area contributed by atoms with E-state index in [-0.39, 0.29) is 28.8 Å². The Kier molecular flexibility index (Phi) is 9.86. The number of anilines is 2. The van der Waals surface area contributed by atoms with E-state index in [1.165, 1.54) is 6.92 Å². The molecule has 11 heteroatoms. The second kappa shape index (κ2) is 13.4. The van der Waals surface area contributed by atoms with Crippen LogP contribution in [-0.2, 0) is 23.1 Å². The van der Waals surface area contributed by atoms with E-state index >= 15 is 0 Å². The lowest BCUT2D eigenvalue weighted by atomic mass is 9.95. The third kappa shape index (κ3) is 6.22. The van der Waals surface area contributed by atoms with Crippen molar-refractivity contribution in [2.75, 3.05) is 32.0 Å². The van der Waals surface area contributed by atoms with E-state index in [1.54, 1.807) is 38.1 Å². The van der Waals surface area contributed by atoms with Gasteiger partial charge in [0, 0.05) is 19.5 Å². The second-order valence-corrected chi connectivity index (χ2v) is 11.3. The highest BCUT2D eigenvalue weighted by molar-refractivity contribution is 5.97. The van der Waals surface area contributed by atoms with Gasteiger partial charge in [-0.2, -0.15) is 5.10 Å². The summed E-state index contributed by atoms with van der Waals surface area (Å²) in [5.74, 6) is 0.862. The Hall–Kier alpha value is -4.54. The number of ether oxygens (including phenoxy) is 3. The summed E-state index contributed by atoms with van der Waals surface area (Å²) in [5.41, 5.74) is 5.21. The van der Waals surface area contributed by atoms with Gasteiger partial charge in [-0.1, -0.05) is 26.3 Å². The van der Waals surface area contributed by atoms with E-state index < -0.39 is 12.1 Å². The van der Waals surface area contributed by atoms with Crippen LogP contribution in [0.3, 0.4) is 0 Å². The molecule has 3 N–H and O–H groups in total. The Morgan fingerprint density at radius 2 is 1.80 bits per heavy atom. The third-order valence-corrected chi connectivity index (χ3v) is 8.48. The number of nitrogens with zero attached hydrogens (tertiary/aromatic N) is 2. The van der Waals surface area contributed by atoms with E-state index in [9.17, 15) is 14.4 Å². The van der Waals surface area contributed by atoms with Crippen LogP contribution in [-0.4, -0.2) is 49.0 Å². The van der Waals surface area contributed by atoms with E-state index in [4.69, 9.17) is 14.2 Å². The lowest BCUT2D eigenvalue weighted by Crippen LogP contribution is -2.40. The Bertz CT molecular complexity index is 1630. The van der Waals surface area contributed by atoms with Crippen LogP contribution in [0.1, 0.15) is 62.2 Å². The maximum absolute atomic E-state index is 13.9. The predicted octanol–water partition coefficient (Wildman–Crippen LogP) is 4.68. The van der Waals surface area contributed by atoms with Crippen molar-refractivity contribution in [2.45, 2.75) is 66.0 Å². The van der Waals surface area contributed by atoms with Crippen LogP contribution >= 0.6 is 0 Å². The molecule has 0 saturated heterocycles. The first-order chi connectivity index (χ1) is 20.9. The van der Waals surface area contributed by atoms with Crippen molar-refractivity contribution in [3.8, 4) is 28.4 Å². The van der Waals surface area contributed by atoms with E-state index in [0.717, 1.165) is 16.8 Å². The molecule has 0 fully saturated rings. The largest absolute Gasteiger partial charge is 0.493 e. The van der Waals surface area contributed by atoms with Crippen LogP contribution in [0.2, 0.25) is 0 Å². The molecule has 2 aromatic carbocycles. The molecular formula is C33H43N5O6. The topological polar surface area (TPSA) is 133 Å². The molecule has 3 unspecified atom stereocenters. The molecule has 1 aromatic heterocycles. The number of fused-ring (bicyclic) bond motifs is 3. The summed E-state index contributed by atoms with van der Waals surface area (Å²) >= 11 is 0. The Labute approximate surface area is 258 Å². The van der Waals surface area contributed by atoms with Gasteiger partial charge in [-0.25, -0.2) is 0 Å². The monoisotopic (exact) mass is 605 g/mol. The predicted molar refractivity (Wildman–Crippen MR) is 171 cm³/mol. The maximum atomic E-state index is 13.9. The molecule has 2 amide bonds. The first-order valence-electron chi connectivity index (χ1n) is 14.8. The number of aromatic nitrogens is 2. The van der Waals surface area contributed by atoms with Gasteiger partial charge in [-0.3, -0.25) is 19.1 Å². The summed E-state index contributed by atoms with van der Waals surface area (Å²) in [5, 5.41) is 13.7. The van der Waals surface area contributed by atoms with Crippen LogP contribution in [0.15, 0.2) is 29.1 Å². The fraction of sp³-hybridized carbons (Fsp3) is 0.455. The van der Waals surface area contributed by atoms with Crippen molar-refractivity contribution < 1.29 is 23.8 Å². The number of carbonyl (C=O) groups is 2. The van der Waals surface area contributed by atoms with Gasteiger partial charge < -0.3 is 30.2 Å². The van der Waals surface area contributed by atoms with Crippen LogP contribution in [0.25, 0.3) is 11.1 Å². The van der Waals surface area contributed by atoms with Crippen LogP contribution < -0.4 is 35.6 Å². The number of carbonyl (C=O) groups excluding carboxylic acids is 2. The minimum Gasteiger partial charge on any atom is -0.493 e. The molecule has 3 atom stereocenters. The molecule has 0 radical (unpaired) electrons. The Balaban J connectivity index is 1.87. The van der Waals surface area contributed by atoms with Gasteiger partial charge in [0.15, 0.2) is 11.5 Å². The van der Waals surface area contributed by atoms with E-state index in [2.05, 4.69) is 21.0 Å². The number of amides is 2. The molecule has 1 aliphatic rings. The zero-order valence-corrected chi connectivity index (χ0v) is 27.0. The van der Waals surface area contributed by atoms with Crippen molar-refractivity contribution in [3.63, 3.8) is 0 Å². The van der Waals surface area contributed by atoms with E-state index in [1.807, 2.05) is 46.9 Å². The first-order valence-corrected chi connectivity index (χ1v) is 14.8. The van der Waals surface area contributed by atoms with Gasteiger partial charge >= 0.3 is 0 Å². The maximum Gasteiger partial charge on any atom is 0.247 e. The number of benzene rings is 1. The van der Waals surface area contributed by atoms with Crippen molar-refractivity contribution >= 4 is 23.2 Å². The molecule has 0 spiro atoms. The molecule has 0 saturated carbocycles. The fourth-order valence-corrected chi connectivity index (χ4v) is 5.85. The third-order valence-electron chi connectivity index (χ3n) is 8.48. The van der Waals surface area contributed by atoms with Gasteiger partial charge in [-0.05, 0) is 67.5 Å². The van der Waals surface area contributed by atoms with Crippen LogP contribution in [0.4, 0.5) is 11.4 Å². The highest BCUT2D eigenvalue weighted by Gasteiger charge is 2.31. The fourth-order valence-electron chi connectivity index (χ4n) is 5.85. The van der Waals surface area contributed by atoms with Crippen molar-refractivity contribution in [1.82, 2.24) is 15.1 Å². The smallest absolute Gasteiger partial charge is 0.247 e. The number of aryl methyl sites for hydroxylation is 3. The molecule has 3 aromatic rings. The average molecular weight is 606 g/mol. The lowest BCUT2D eigenvalue weighted by molar-refractivity contribution is -0.120. The summed E-state index contributed by atoms with van der Waals surface area (Å²) in [7, 11) is 6.50. The highest BCUT2D eigenvalue weighted by Crippen LogP contribution is 2.50. The van der Waals surface area contributed by atoms with Gasteiger partial charge in [0.1, 0.15) is 6.04 Å². The summed E-state index contributed by atoms with van der Waals surface area (Å²) in [4.78, 5) is 39.8. The van der Waals surface area contributed by atoms with Crippen molar-refractivity contribution in [1.29, 1.82) is 0 Å². The normalized spacial score (nSPS) is 15.2. The average Bonchev–Trinajstić information content (AvgIpc) is 3.11. The molecule has 4 rings (SSSR count). The lowest BCUT2D eigenvalue weighted by Gasteiger charge is -2.24. The Morgan fingerprint density at radius 3 is 2.36 bits per heavy atom. The molecule has 0 bridgehead atoms. The summed E-state index contributed by atoms with van der Waals surface area (Å²) in [6.07, 6.45) is 1.85. The number of nitrogens with one attached hydrogen (secondary N) is 3. The number of methoxy groups -OCH3 is 3. The number of hydrogen-bond donors (Lipinski definition) is 3. The van der Waals surface area contributed by atoms with E-state index in [0.29, 0.717) is 59.0 Å². The summed E-state index contributed by atoms with van der Waals surface area (Å²) < 4.78 is 18.9. The molecule has 11 nitrogen and oxygen atoms in total. The summed E-state index contributed by atoms with van der Waals surface area (Å²) in [6, 6.07) is 5.85. The second-order valence-electron chi connectivity index (χ2n) is 11.3. The molecule has 0 aliphatic heterocycles. The minimum absolute atomic E-state index is 0.0975. The van der Waals surface area contributed by atoms with Gasteiger partial charge in [0.25, 0.3) is 0 Å². The van der Waals surface area contributed by atoms with Gasteiger partial charge in [0.05, 0.1) is 50.1 Å². The van der Waals surface area contributed by atoms with Gasteiger partial charge in [-0.15, -0.1) is 0 Å². The molecule has 1 heterocycles. The molecule has 236 valence electrons. The van der Waals surface area contributed by atoms with Crippen molar-refractivity contribution in [2.24, 2.45) is 13.0 Å². The van der Waals surface area contributed by atoms with Crippen LogP contribution in [0.5, 0.6) is 17.2 Å². The number of rotatable bonds is 10. The quantitative estimate of drug-likeness (QED) is 0.304. The Morgan fingerprint density at radius 1 is 1.09 bits per heavy atom. The molecule has 44 heavy (non-hydrogen) atoms. The standard InChI is InChI=1S/C33H43N5O6/c1-10-17(2)29(33(41)36-30-18(3)37-38(6)19(30)4)35-25-14-12-22-23(16-26(25)40)24(34-20(5)39)13-11-21-15-27(42-7)31(43-8)32(44-9)28(21)22/h12,14-17,24,29H,10-11,13H2,1-9H3,(H,34,39)(H,35,40)(H,36,41). The SMILES string of the molecule is CCC(C)C(Nc1ccc2c(cc1=O)C(NC(C)=O)CCc1cc(OC)c(OC)c(OC)c1-2)C(=O)Nc1c(C)nn(C)c1C. The molecular weight excluding hydrogens is 562 g/mol. The van der Waals surface area contributed by atoms with Crippen LogP contribution in [0, 0.1) is 19.8 Å². The van der Waals surface area contributed by atoms with Gasteiger partial charge in [0.2, 0.25) is 23.0 Å². The minimum atomic E-state index is -0.703. The zero-order valence-electron chi connectivity index (χ0n) is 27.0. The zero-order chi connectivity index (χ0) is 32.3. The summed E-state index contributed by atoms with van der Waals surface area (Å²) in [6.45, 7) is 9.16. The van der Waals surface area contributed by atoms with Crippen molar-refractivity contribution in [3.05, 3.63) is 57.0 Å². The molecule has 1 aliphatic carbocycles. The number of hydrogen-bond acceptors (Lipinski definition) is 8. The first kappa shape index (κ1) is 32.4.